The maximum absolute atomic E-state index is 13.6. The van der Waals surface area contributed by atoms with E-state index < -0.39 is 0 Å². The number of hydrogen-bond donors (Lipinski definition) is 1. The van der Waals surface area contributed by atoms with Crippen molar-refractivity contribution < 1.29 is 9.18 Å². The van der Waals surface area contributed by atoms with Gasteiger partial charge < -0.3 is 15.1 Å². The standard InChI is InChI=1S/C30H30FN7OS/c1-3-36(2)12-5-8-27(39)37-13-11-24-26(18-37)40-30-28(24)29(32-19-33-30)35-23-9-10-25-21(15-23)16-34-38(25)17-20-6-4-7-22(31)14-20/h4-10,14-16,19H,3,11-13,17-18H2,1-2H3,(H,32,33,35)/b8-5+. The third-order valence-electron chi connectivity index (χ3n) is 7.29. The minimum absolute atomic E-state index is 0.0447. The Bertz CT molecular complexity index is 1730. The van der Waals surface area contributed by atoms with E-state index in [-0.39, 0.29) is 11.7 Å². The molecule has 3 aromatic heterocycles. The van der Waals surface area contributed by atoms with Crippen molar-refractivity contribution in [2.45, 2.75) is 26.4 Å². The number of aromatic nitrogens is 4. The molecule has 0 unspecified atom stereocenters. The number of carbonyl (C=O) groups excluding carboxylic acids is 1. The number of hydrogen-bond acceptors (Lipinski definition) is 7. The van der Waals surface area contributed by atoms with Crippen molar-refractivity contribution in [3.8, 4) is 0 Å². The van der Waals surface area contributed by atoms with Crippen molar-refractivity contribution in [3.05, 3.63) is 89.0 Å². The monoisotopic (exact) mass is 555 g/mol. The molecule has 0 atom stereocenters. The van der Waals surface area contributed by atoms with Gasteiger partial charge in [-0.15, -0.1) is 11.3 Å². The van der Waals surface area contributed by atoms with Crippen molar-refractivity contribution in [3.63, 3.8) is 0 Å². The number of nitrogens with zero attached hydrogens (tertiary/aromatic N) is 6. The number of rotatable bonds is 8. The predicted molar refractivity (Wildman–Crippen MR) is 157 cm³/mol. The van der Waals surface area contributed by atoms with E-state index >= 15 is 0 Å². The van der Waals surface area contributed by atoms with Crippen LogP contribution in [-0.2, 0) is 24.3 Å². The molecule has 2 aromatic carbocycles. The SMILES string of the molecule is CCN(C)C/C=C/C(=O)N1CCc2c(sc3ncnc(Nc4ccc5c(cnn5Cc5cccc(F)c5)c4)c23)C1. The summed E-state index contributed by atoms with van der Waals surface area (Å²) in [7, 11) is 2.03. The van der Waals surface area contributed by atoms with Crippen LogP contribution in [0, 0.1) is 5.82 Å². The van der Waals surface area contributed by atoms with Gasteiger partial charge >= 0.3 is 0 Å². The van der Waals surface area contributed by atoms with E-state index in [1.807, 2.05) is 53.2 Å². The van der Waals surface area contributed by atoms with Crippen LogP contribution in [-0.4, -0.2) is 62.1 Å². The summed E-state index contributed by atoms with van der Waals surface area (Å²) in [5, 5.41) is 10.0. The van der Waals surface area contributed by atoms with Gasteiger partial charge in [-0.2, -0.15) is 5.10 Å². The Balaban J connectivity index is 1.21. The topological polar surface area (TPSA) is 79.2 Å². The largest absolute Gasteiger partial charge is 0.340 e. The highest BCUT2D eigenvalue weighted by molar-refractivity contribution is 7.19. The van der Waals surface area contributed by atoms with Gasteiger partial charge in [0.25, 0.3) is 0 Å². The van der Waals surface area contributed by atoms with Crippen LogP contribution in [0.3, 0.4) is 0 Å². The first-order chi connectivity index (χ1) is 19.5. The van der Waals surface area contributed by atoms with Gasteiger partial charge in [0, 0.05) is 35.1 Å². The third-order valence-corrected chi connectivity index (χ3v) is 8.42. The summed E-state index contributed by atoms with van der Waals surface area (Å²) in [5.74, 6) is 0.554. The molecule has 0 radical (unpaired) electrons. The van der Waals surface area contributed by atoms with Crippen LogP contribution in [0.5, 0.6) is 0 Å². The molecular weight excluding hydrogens is 525 g/mol. The average Bonchev–Trinajstić information content (AvgIpc) is 3.53. The number of carbonyl (C=O) groups is 1. The summed E-state index contributed by atoms with van der Waals surface area (Å²) >= 11 is 1.63. The lowest BCUT2D eigenvalue weighted by Crippen LogP contribution is -2.34. The highest BCUT2D eigenvalue weighted by Crippen LogP contribution is 2.38. The Hall–Kier alpha value is -4.15. The summed E-state index contributed by atoms with van der Waals surface area (Å²) in [6, 6.07) is 12.6. The van der Waals surface area contributed by atoms with E-state index in [9.17, 15) is 9.18 Å². The Labute approximate surface area is 235 Å². The van der Waals surface area contributed by atoms with Gasteiger partial charge in [0.15, 0.2) is 0 Å². The Morgan fingerprint density at radius 3 is 2.98 bits per heavy atom. The zero-order chi connectivity index (χ0) is 27.6. The van der Waals surface area contributed by atoms with E-state index in [0.29, 0.717) is 19.6 Å². The van der Waals surface area contributed by atoms with Gasteiger partial charge in [-0.25, -0.2) is 14.4 Å². The number of anilines is 2. The summed E-state index contributed by atoms with van der Waals surface area (Å²) in [4.78, 5) is 28.0. The fraction of sp³-hybridized carbons (Fsp3) is 0.267. The summed E-state index contributed by atoms with van der Waals surface area (Å²) in [6.07, 6.45) is 7.79. The van der Waals surface area contributed by atoms with Crippen LogP contribution in [0.25, 0.3) is 21.1 Å². The van der Waals surface area contributed by atoms with Crippen molar-refractivity contribution in [1.29, 1.82) is 0 Å². The molecule has 10 heteroatoms. The minimum atomic E-state index is -0.251. The Morgan fingerprint density at radius 2 is 2.12 bits per heavy atom. The van der Waals surface area contributed by atoms with Crippen LogP contribution in [0.1, 0.15) is 22.9 Å². The molecule has 204 valence electrons. The first kappa shape index (κ1) is 26.1. The van der Waals surface area contributed by atoms with Gasteiger partial charge in [-0.1, -0.05) is 25.1 Å². The zero-order valence-electron chi connectivity index (χ0n) is 22.5. The van der Waals surface area contributed by atoms with E-state index in [1.54, 1.807) is 29.8 Å². The minimum Gasteiger partial charge on any atom is -0.340 e. The quantitative estimate of drug-likeness (QED) is 0.260. The maximum Gasteiger partial charge on any atom is 0.246 e. The molecule has 0 aliphatic carbocycles. The molecule has 4 heterocycles. The lowest BCUT2D eigenvalue weighted by Gasteiger charge is -2.26. The van der Waals surface area contributed by atoms with Gasteiger partial charge in [-0.3, -0.25) is 9.48 Å². The second kappa shape index (κ2) is 11.1. The summed E-state index contributed by atoms with van der Waals surface area (Å²) in [6.45, 7) is 5.54. The fourth-order valence-corrected chi connectivity index (χ4v) is 6.22. The first-order valence-electron chi connectivity index (χ1n) is 13.3. The van der Waals surface area contributed by atoms with Crippen LogP contribution in [0.15, 0.2) is 67.1 Å². The first-order valence-corrected chi connectivity index (χ1v) is 14.2. The smallest absolute Gasteiger partial charge is 0.246 e. The maximum atomic E-state index is 13.6. The number of amides is 1. The van der Waals surface area contributed by atoms with E-state index in [1.165, 1.54) is 17.7 Å². The fourth-order valence-electron chi connectivity index (χ4n) is 5.01. The normalized spacial score (nSPS) is 13.6. The lowest BCUT2D eigenvalue weighted by molar-refractivity contribution is -0.126. The Kier molecular flexibility index (Phi) is 7.27. The van der Waals surface area contributed by atoms with Crippen LogP contribution in [0.4, 0.5) is 15.9 Å². The molecule has 8 nitrogen and oxygen atoms in total. The number of benzene rings is 2. The number of likely N-dealkylation sites (N-methyl/N-ethyl adjacent to an activating group) is 1. The summed E-state index contributed by atoms with van der Waals surface area (Å²) in [5.41, 5.74) is 3.94. The molecule has 40 heavy (non-hydrogen) atoms. The predicted octanol–water partition coefficient (Wildman–Crippen LogP) is 5.36. The van der Waals surface area contributed by atoms with Crippen LogP contribution >= 0.6 is 11.3 Å². The molecule has 6 rings (SSSR count). The molecular formula is C30H30FN7OS. The van der Waals surface area contributed by atoms with E-state index in [0.717, 1.165) is 62.6 Å². The second-order valence-electron chi connectivity index (χ2n) is 10.0. The lowest BCUT2D eigenvalue weighted by atomic mass is 10.0. The third kappa shape index (κ3) is 5.32. The van der Waals surface area contributed by atoms with Crippen molar-refractivity contribution in [2.75, 3.05) is 32.0 Å². The van der Waals surface area contributed by atoms with Gasteiger partial charge in [0.1, 0.15) is 22.8 Å². The molecule has 0 spiro atoms. The summed E-state index contributed by atoms with van der Waals surface area (Å²) < 4.78 is 15.5. The number of nitrogens with one attached hydrogen (secondary N) is 1. The number of fused-ring (bicyclic) bond motifs is 4. The average molecular weight is 556 g/mol. The van der Waals surface area contributed by atoms with E-state index in [2.05, 4.69) is 32.2 Å². The highest BCUT2D eigenvalue weighted by atomic mass is 32.1. The molecule has 0 fully saturated rings. The molecule has 1 amide bonds. The molecule has 1 aliphatic heterocycles. The van der Waals surface area contributed by atoms with Gasteiger partial charge in [0.2, 0.25) is 5.91 Å². The molecule has 5 aromatic rings. The Morgan fingerprint density at radius 1 is 1.23 bits per heavy atom. The van der Waals surface area contributed by atoms with Crippen molar-refractivity contribution in [1.82, 2.24) is 29.5 Å². The van der Waals surface area contributed by atoms with Crippen LogP contribution in [0.2, 0.25) is 0 Å². The zero-order valence-corrected chi connectivity index (χ0v) is 23.3. The molecule has 0 saturated carbocycles. The van der Waals surface area contributed by atoms with Crippen molar-refractivity contribution in [2.24, 2.45) is 0 Å². The van der Waals surface area contributed by atoms with Crippen LogP contribution < -0.4 is 5.32 Å². The molecule has 0 saturated heterocycles. The van der Waals surface area contributed by atoms with Gasteiger partial charge in [-0.05, 0) is 61.5 Å². The number of halogens is 1. The molecule has 1 aliphatic rings. The van der Waals surface area contributed by atoms with Gasteiger partial charge in [0.05, 0.1) is 30.2 Å². The molecule has 1 N–H and O–H groups in total. The molecule has 0 bridgehead atoms. The highest BCUT2D eigenvalue weighted by Gasteiger charge is 2.25. The number of thiophene rings is 1. The van der Waals surface area contributed by atoms with Crippen molar-refractivity contribution >= 4 is 49.9 Å². The van der Waals surface area contributed by atoms with E-state index in [4.69, 9.17) is 0 Å². The second-order valence-corrected chi connectivity index (χ2v) is 11.1.